The molecule has 1 amide bonds. The van der Waals surface area contributed by atoms with Crippen molar-refractivity contribution in [1.82, 2.24) is 20.1 Å². The van der Waals surface area contributed by atoms with E-state index in [4.69, 9.17) is 4.42 Å². The van der Waals surface area contributed by atoms with E-state index >= 15 is 4.39 Å². The lowest BCUT2D eigenvalue weighted by Crippen LogP contribution is -2.66. The van der Waals surface area contributed by atoms with Gasteiger partial charge in [-0.1, -0.05) is 19.4 Å². The van der Waals surface area contributed by atoms with Gasteiger partial charge in [0.2, 0.25) is 11.6 Å². The molecule has 0 unspecified atom stereocenters. The number of amides is 1. The van der Waals surface area contributed by atoms with Crippen molar-refractivity contribution >= 4 is 11.6 Å². The fourth-order valence-electron chi connectivity index (χ4n) is 3.75. The van der Waals surface area contributed by atoms with Gasteiger partial charge in [-0.15, -0.1) is 10.2 Å². The molecule has 1 fully saturated rings. The SMILES string of the molecule is CCCCN1CC(F)(C(=O)N(Cc2ccc(-c3nnc(C(F)F)o3)cn2)c2cccc(F)c2)C1. The van der Waals surface area contributed by atoms with Crippen LogP contribution in [0.4, 0.5) is 23.2 Å². The molecular weight excluding hydrogens is 454 g/mol. The predicted molar refractivity (Wildman–Crippen MR) is 115 cm³/mol. The van der Waals surface area contributed by atoms with Crippen molar-refractivity contribution in [1.29, 1.82) is 0 Å². The number of pyridine rings is 1. The summed E-state index contributed by atoms with van der Waals surface area (Å²) in [5.74, 6) is -2.26. The maximum Gasteiger partial charge on any atom is 0.314 e. The molecule has 3 heterocycles. The van der Waals surface area contributed by atoms with Crippen LogP contribution in [-0.4, -0.2) is 51.3 Å². The third-order valence-electron chi connectivity index (χ3n) is 5.54. The highest BCUT2D eigenvalue weighted by atomic mass is 19.3. The van der Waals surface area contributed by atoms with Crippen LogP contribution in [0.25, 0.3) is 11.5 Å². The van der Waals surface area contributed by atoms with E-state index in [0.717, 1.165) is 18.9 Å². The van der Waals surface area contributed by atoms with Gasteiger partial charge in [-0.2, -0.15) is 8.78 Å². The lowest BCUT2D eigenvalue weighted by atomic mass is 9.93. The molecule has 1 saturated heterocycles. The van der Waals surface area contributed by atoms with Gasteiger partial charge in [0.05, 0.1) is 17.8 Å². The third-order valence-corrected chi connectivity index (χ3v) is 5.54. The number of anilines is 1. The summed E-state index contributed by atoms with van der Waals surface area (Å²) in [6, 6.07) is 8.40. The number of nitrogens with zero attached hydrogens (tertiary/aromatic N) is 5. The Hall–Kier alpha value is -3.34. The highest BCUT2D eigenvalue weighted by Crippen LogP contribution is 2.31. The van der Waals surface area contributed by atoms with Gasteiger partial charge in [0.15, 0.2) is 0 Å². The molecule has 0 atom stereocenters. The number of carbonyl (C=O) groups excluding carboxylic acids is 1. The lowest BCUT2D eigenvalue weighted by Gasteiger charge is -2.45. The van der Waals surface area contributed by atoms with Gasteiger partial charge in [-0.3, -0.25) is 14.7 Å². The molecule has 0 N–H and O–H groups in total. The molecule has 0 radical (unpaired) electrons. The molecular formula is C23H23F4N5O2. The van der Waals surface area contributed by atoms with Crippen molar-refractivity contribution < 1.29 is 26.8 Å². The molecule has 0 bridgehead atoms. The summed E-state index contributed by atoms with van der Waals surface area (Å²) in [6.45, 7) is 2.59. The Kier molecular flexibility index (Phi) is 6.92. The summed E-state index contributed by atoms with van der Waals surface area (Å²) >= 11 is 0. The van der Waals surface area contributed by atoms with Crippen LogP contribution in [0.1, 0.15) is 37.8 Å². The number of unbranched alkanes of at least 4 members (excludes halogenated alkanes) is 1. The zero-order chi connectivity index (χ0) is 24.3. The van der Waals surface area contributed by atoms with Crippen LogP contribution in [0.15, 0.2) is 47.0 Å². The normalized spacial score (nSPS) is 15.4. The van der Waals surface area contributed by atoms with E-state index in [1.165, 1.54) is 41.4 Å². The summed E-state index contributed by atoms with van der Waals surface area (Å²) in [6.07, 6.45) is 0.311. The van der Waals surface area contributed by atoms with Crippen molar-refractivity contribution in [3.05, 3.63) is 60.0 Å². The van der Waals surface area contributed by atoms with Crippen LogP contribution in [-0.2, 0) is 11.3 Å². The molecule has 4 rings (SSSR count). The first kappa shape index (κ1) is 23.8. The van der Waals surface area contributed by atoms with Crippen LogP contribution < -0.4 is 4.90 Å². The lowest BCUT2D eigenvalue weighted by molar-refractivity contribution is -0.142. The van der Waals surface area contributed by atoms with E-state index < -0.39 is 29.7 Å². The molecule has 7 nitrogen and oxygen atoms in total. The van der Waals surface area contributed by atoms with Gasteiger partial charge in [0, 0.05) is 25.0 Å². The summed E-state index contributed by atoms with van der Waals surface area (Å²) in [5, 5.41) is 6.84. The number of carbonyl (C=O) groups is 1. The summed E-state index contributed by atoms with van der Waals surface area (Å²) in [4.78, 5) is 20.5. The summed E-state index contributed by atoms with van der Waals surface area (Å²) < 4.78 is 59.6. The van der Waals surface area contributed by atoms with Crippen molar-refractivity contribution in [3.8, 4) is 11.5 Å². The number of likely N-dealkylation sites (tertiary alicyclic amines) is 1. The Morgan fingerprint density at radius 2 is 2.03 bits per heavy atom. The van der Waals surface area contributed by atoms with Gasteiger partial charge in [-0.05, 0) is 43.3 Å². The van der Waals surface area contributed by atoms with E-state index in [9.17, 15) is 18.0 Å². The average Bonchev–Trinajstić information content (AvgIpc) is 3.30. The highest BCUT2D eigenvalue weighted by molar-refractivity contribution is 6.00. The Labute approximate surface area is 193 Å². The number of aromatic nitrogens is 3. The zero-order valence-corrected chi connectivity index (χ0v) is 18.4. The first-order chi connectivity index (χ1) is 16.3. The van der Waals surface area contributed by atoms with Gasteiger partial charge in [-0.25, -0.2) is 8.78 Å². The maximum absolute atomic E-state index is 15.4. The number of benzene rings is 1. The molecule has 0 saturated carbocycles. The van der Waals surface area contributed by atoms with Crippen LogP contribution >= 0.6 is 0 Å². The molecule has 0 spiro atoms. The smallest absolute Gasteiger partial charge is 0.314 e. The molecule has 2 aromatic heterocycles. The largest absolute Gasteiger partial charge is 0.415 e. The molecule has 3 aromatic rings. The first-order valence-electron chi connectivity index (χ1n) is 10.8. The zero-order valence-electron chi connectivity index (χ0n) is 18.4. The van der Waals surface area contributed by atoms with Crippen molar-refractivity contribution in [2.45, 2.75) is 38.4 Å². The standard InChI is InChI=1S/C23H23F4N5O2/c1-2-3-9-31-13-23(27,14-31)22(33)32(18-6-4-5-16(24)10-18)12-17-8-7-15(11-28-17)20-29-30-21(34-20)19(25)26/h4-8,10-11,19H,2-3,9,12-14H2,1H3. The summed E-state index contributed by atoms with van der Waals surface area (Å²) in [7, 11) is 0. The number of rotatable bonds is 9. The summed E-state index contributed by atoms with van der Waals surface area (Å²) in [5.41, 5.74) is -1.19. The minimum Gasteiger partial charge on any atom is -0.415 e. The van der Waals surface area contributed by atoms with Gasteiger partial charge in [0.25, 0.3) is 11.8 Å². The topological polar surface area (TPSA) is 75.4 Å². The van der Waals surface area contributed by atoms with E-state index in [2.05, 4.69) is 15.2 Å². The fraction of sp³-hybridized carbons (Fsp3) is 0.391. The quantitative estimate of drug-likeness (QED) is 0.421. The second-order valence-corrected chi connectivity index (χ2v) is 8.19. The first-order valence-corrected chi connectivity index (χ1v) is 10.8. The average molecular weight is 477 g/mol. The van der Waals surface area contributed by atoms with Gasteiger partial charge >= 0.3 is 6.43 Å². The Balaban J connectivity index is 1.53. The Bertz CT molecular complexity index is 1130. The van der Waals surface area contributed by atoms with Gasteiger partial charge in [0.1, 0.15) is 5.82 Å². The molecule has 1 aliphatic heterocycles. The van der Waals surface area contributed by atoms with Crippen LogP contribution in [0.3, 0.4) is 0 Å². The Morgan fingerprint density at radius 3 is 2.65 bits per heavy atom. The minimum atomic E-state index is -2.89. The van der Waals surface area contributed by atoms with Crippen molar-refractivity contribution in [2.24, 2.45) is 0 Å². The molecule has 34 heavy (non-hydrogen) atoms. The van der Waals surface area contributed by atoms with Crippen molar-refractivity contribution in [2.75, 3.05) is 24.5 Å². The van der Waals surface area contributed by atoms with Crippen LogP contribution in [0.5, 0.6) is 0 Å². The van der Waals surface area contributed by atoms with Crippen LogP contribution in [0, 0.1) is 5.82 Å². The minimum absolute atomic E-state index is 0.0202. The van der Waals surface area contributed by atoms with Gasteiger partial charge < -0.3 is 9.32 Å². The highest BCUT2D eigenvalue weighted by Gasteiger charge is 2.51. The second kappa shape index (κ2) is 9.88. The maximum atomic E-state index is 15.4. The molecule has 0 aliphatic carbocycles. The fourth-order valence-corrected chi connectivity index (χ4v) is 3.75. The number of hydrogen-bond donors (Lipinski definition) is 0. The molecule has 180 valence electrons. The molecule has 1 aliphatic rings. The third kappa shape index (κ3) is 5.09. The van der Waals surface area contributed by atoms with Crippen molar-refractivity contribution in [3.63, 3.8) is 0 Å². The number of hydrogen-bond acceptors (Lipinski definition) is 6. The molecule has 11 heteroatoms. The Morgan fingerprint density at radius 1 is 1.24 bits per heavy atom. The van der Waals surface area contributed by atoms with Crippen LogP contribution in [0.2, 0.25) is 0 Å². The predicted octanol–water partition coefficient (Wildman–Crippen LogP) is 4.57. The monoisotopic (exact) mass is 477 g/mol. The van der Waals surface area contributed by atoms with E-state index in [-0.39, 0.29) is 31.2 Å². The number of halogens is 4. The van der Waals surface area contributed by atoms with E-state index in [1.54, 1.807) is 0 Å². The number of alkyl halides is 3. The molecule has 1 aromatic carbocycles. The van der Waals surface area contributed by atoms with E-state index in [0.29, 0.717) is 17.8 Å². The van der Waals surface area contributed by atoms with E-state index in [1.807, 2.05) is 11.8 Å². The second-order valence-electron chi connectivity index (χ2n) is 8.19.